The molecule has 0 saturated carbocycles. The van der Waals surface area contributed by atoms with Crippen LogP contribution >= 0.6 is 0 Å². The lowest BCUT2D eigenvalue weighted by molar-refractivity contribution is 0.130. The number of hydrogen-bond acceptors (Lipinski definition) is 2. The van der Waals surface area contributed by atoms with E-state index in [9.17, 15) is 0 Å². The average molecular weight is 198 g/mol. The topological polar surface area (TPSA) is 29.3 Å². The Morgan fingerprint density at radius 3 is 2.79 bits per heavy atom. The van der Waals surface area contributed by atoms with Gasteiger partial charge >= 0.3 is 0 Å². The van der Waals surface area contributed by atoms with E-state index in [0.29, 0.717) is 6.04 Å². The number of hydrogen-bond donors (Lipinski definition) is 1. The Morgan fingerprint density at radius 2 is 2.14 bits per heavy atom. The number of nitrogens with two attached hydrogens (primary N) is 1. The Hall–Kier alpha value is -0.0800. The Bertz CT molecular complexity index is 145. The molecule has 0 amide bonds. The molecule has 2 nitrogen and oxygen atoms in total. The fraction of sp³-hybridized carbons (Fsp3) is 1.00. The van der Waals surface area contributed by atoms with Crippen molar-refractivity contribution in [2.45, 2.75) is 64.5 Å². The Labute approximate surface area is 88.8 Å². The molecule has 0 aromatic carbocycles. The highest BCUT2D eigenvalue weighted by Crippen LogP contribution is 2.20. The fourth-order valence-electron chi connectivity index (χ4n) is 2.39. The SMILES string of the molecule is CCCC1CCCCN1CC(N)CC. The van der Waals surface area contributed by atoms with Crippen molar-refractivity contribution in [3.8, 4) is 0 Å². The molecule has 1 aliphatic heterocycles. The van der Waals surface area contributed by atoms with Gasteiger partial charge in [0.2, 0.25) is 0 Å². The molecule has 1 aliphatic rings. The van der Waals surface area contributed by atoms with Gasteiger partial charge in [0.05, 0.1) is 0 Å². The van der Waals surface area contributed by atoms with Gasteiger partial charge in [-0.3, -0.25) is 4.90 Å². The second kappa shape index (κ2) is 6.41. The maximum Gasteiger partial charge on any atom is 0.0165 e. The molecule has 84 valence electrons. The van der Waals surface area contributed by atoms with E-state index < -0.39 is 0 Å². The summed E-state index contributed by atoms with van der Waals surface area (Å²) in [5, 5.41) is 0. The van der Waals surface area contributed by atoms with Crippen molar-refractivity contribution < 1.29 is 0 Å². The molecule has 1 heterocycles. The normalized spacial score (nSPS) is 26.4. The summed E-state index contributed by atoms with van der Waals surface area (Å²) in [7, 11) is 0. The van der Waals surface area contributed by atoms with Crippen LogP contribution < -0.4 is 5.73 Å². The minimum Gasteiger partial charge on any atom is -0.327 e. The van der Waals surface area contributed by atoms with Crippen molar-refractivity contribution in [1.82, 2.24) is 4.90 Å². The van der Waals surface area contributed by atoms with E-state index in [1.165, 1.54) is 38.6 Å². The van der Waals surface area contributed by atoms with Gasteiger partial charge in [-0.1, -0.05) is 26.7 Å². The number of piperidine rings is 1. The van der Waals surface area contributed by atoms with Crippen molar-refractivity contribution in [3.63, 3.8) is 0 Å². The molecule has 0 bridgehead atoms. The van der Waals surface area contributed by atoms with E-state index in [0.717, 1.165) is 19.0 Å². The van der Waals surface area contributed by atoms with Crippen molar-refractivity contribution in [1.29, 1.82) is 0 Å². The molecule has 0 aromatic rings. The van der Waals surface area contributed by atoms with Crippen LogP contribution in [0.15, 0.2) is 0 Å². The zero-order valence-electron chi connectivity index (χ0n) is 9.84. The summed E-state index contributed by atoms with van der Waals surface area (Å²) in [5.41, 5.74) is 6.02. The molecule has 2 atom stereocenters. The number of rotatable bonds is 5. The maximum atomic E-state index is 6.02. The van der Waals surface area contributed by atoms with Crippen LogP contribution in [-0.4, -0.2) is 30.1 Å². The molecule has 1 rings (SSSR count). The van der Waals surface area contributed by atoms with Gasteiger partial charge < -0.3 is 5.73 Å². The zero-order chi connectivity index (χ0) is 10.4. The van der Waals surface area contributed by atoms with Crippen LogP contribution in [0.25, 0.3) is 0 Å². The molecular formula is C12H26N2. The third kappa shape index (κ3) is 3.58. The third-order valence-electron chi connectivity index (χ3n) is 3.36. The second-order valence-electron chi connectivity index (χ2n) is 4.60. The lowest BCUT2D eigenvalue weighted by Gasteiger charge is -2.37. The van der Waals surface area contributed by atoms with Crippen LogP contribution in [-0.2, 0) is 0 Å². The van der Waals surface area contributed by atoms with Gasteiger partial charge in [-0.25, -0.2) is 0 Å². The summed E-state index contributed by atoms with van der Waals surface area (Å²) in [5.74, 6) is 0. The molecule has 0 aromatic heterocycles. The highest BCUT2D eigenvalue weighted by molar-refractivity contribution is 4.79. The standard InChI is InChI=1S/C12H26N2/c1-3-7-12-8-5-6-9-14(12)10-11(13)4-2/h11-12H,3-10,13H2,1-2H3. The van der Waals surface area contributed by atoms with Gasteiger partial charge in [0.15, 0.2) is 0 Å². The van der Waals surface area contributed by atoms with Crippen LogP contribution in [0.3, 0.4) is 0 Å². The number of likely N-dealkylation sites (tertiary alicyclic amines) is 1. The van der Waals surface area contributed by atoms with Crippen LogP contribution in [0.1, 0.15) is 52.4 Å². The van der Waals surface area contributed by atoms with Crippen molar-refractivity contribution in [2.24, 2.45) is 5.73 Å². The fourth-order valence-corrected chi connectivity index (χ4v) is 2.39. The quantitative estimate of drug-likeness (QED) is 0.735. The van der Waals surface area contributed by atoms with Crippen molar-refractivity contribution >= 4 is 0 Å². The number of nitrogens with zero attached hydrogens (tertiary/aromatic N) is 1. The maximum absolute atomic E-state index is 6.02. The molecule has 2 heteroatoms. The van der Waals surface area contributed by atoms with Gasteiger partial charge in [-0.2, -0.15) is 0 Å². The van der Waals surface area contributed by atoms with Gasteiger partial charge in [0.25, 0.3) is 0 Å². The van der Waals surface area contributed by atoms with E-state index in [1.54, 1.807) is 0 Å². The van der Waals surface area contributed by atoms with Crippen molar-refractivity contribution in [2.75, 3.05) is 13.1 Å². The summed E-state index contributed by atoms with van der Waals surface area (Å²) in [6, 6.07) is 1.21. The van der Waals surface area contributed by atoms with Gasteiger partial charge in [0, 0.05) is 18.6 Å². The molecule has 1 saturated heterocycles. The summed E-state index contributed by atoms with van der Waals surface area (Å²) in [6.45, 7) is 6.86. The molecule has 0 aliphatic carbocycles. The smallest absolute Gasteiger partial charge is 0.0165 e. The molecule has 14 heavy (non-hydrogen) atoms. The second-order valence-corrected chi connectivity index (χ2v) is 4.60. The predicted octanol–water partition coefficient (Wildman–Crippen LogP) is 2.38. The molecule has 0 radical (unpaired) electrons. The largest absolute Gasteiger partial charge is 0.327 e. The monoisotopic (exact) mass is 198 g/mol. The van der Waals surface area contributed by atoms with E-state index in [4.69, 9.17) is 5.73 Å². The van der Waals surface area contributed by atoms with Gasteiger partial charge in [-0.15, -0.1) is 0 Å². The summed E-state index contributed by atoms with van der Waals surface area (Å²) >= 11 is 0. The first kappa shape index (κ1) is 12.0. The molecular weight excluding hydrogens is 172 g/mol. The first-order valence-electron chi connectivity index (χ1n) is 6.27. The third-order valence-corrected chi connectivity index (χ3v) is 3.36. The minimum atomic E-state index is 0.382. The highest BCUT2D eigenvalue weighted by Gasteiger charge is 2.22. The predicted molar refractivity (Wildman–Crippen MR) is 62.4 cm³/mol. The zero-order valence-corrected chi connectivity index (χ0v) is 9.84. The Kier molecular flexibility index (Phi) is 5.49. The van der Waals surface area contributed by atoms with Crippen LogP contribution in [0.5, 0.6) is 0 Å². The Morgan fingerprint density at radius 1 is 1.36 bits per heavy atom. The van der Waals surface area contributed by atoms with Crippen molar-refractivity contribution in [3.05, 3.63) is 0 Å². The van der Waals surface area contributed by atoms with E-state index >= 15 is 0 Å². The van der Waals surface area contributed by atoms with Gasteiger partial charge in [-0.05, 0) is 32.2 Å². The Balaban J connectivity index is 2.37. The molecule has 2 N–H and O–H groups in total. The first-order valence-corrected chi connectivity index (χ1v) is 6.27. The minimum absolute atomic E-state index is 0.382. The lowest BCUT2D eigenvalue weighted by atomic mass is 9.97. The van der Waals surface area contributed by atoms with Crippen LogP contribution in [0.4, 0.5) is 0 Å². The lowest BCUT2D eigenvalue weighted by Crippen LogP contribution is -2.45. The molecule has 1 fully saturated rings. The average Bonchev–Trinajstić information content (AvgIpc) is 2.21. The molecule has 2 unspecified atom stereocenters. The summed E-state index contributed by atoms with van der Waals surface area (Å²) < 4.78 is 0. The summed E-state index contributed by atoms with van der Waals surface area (Å²) in [6.07, 6.45) is 7.96. The summed E-state index contributed by atoms with van der Waals surface area (Å²) in [4.78, 5) is 2.63. The first-order chi connectivity index (χ1) is 6.77. The van der Waals surface area contributed by atoms with E-state index in [-0.39, 0.29) is 0 Å². The highest BCUT2D eigenvalue weighted by atomic mass is 15.2. The van der Waals surface area contributed by atoms with Gasteiger partial charge in [0.1, 0.15) is 0 Å². The molecule has 0 spiro atoms. The van der Waals surface area contributed by atoms with Crippen LogP contribution in [0.2, 0.25) is 0 Å². The van der Waals surface area contributed by atoms with E-state index in [1.807, 2.05) is 0 Å². The van der Waals surface area contributed by atoms with E-state index in [2.05, 4.69) is 18.7 Å². The van der Waals surface area contributed by atoms with Crippen LogP contribution in [0, 0.1) is 0 Å².